The van der Waals surface area contributed by atoms with Crippen LogP contribution in [-0.4, -0.2) is 46.3 Å². The van der Waals surface area contributed by atoms with Crippen LogP contribution < -0.4 is 19.1 Å². The first-order chi connectivity index (χ1) is 22.3. The van der Waals surface area contributed by atoms with E-state index in [-0.39, 0.29) is 29.2 Å². The topological polar surface area (TPSA) is 111 Å². The largest absolute Gasteiger partial charge is 0.507 e. The third-order valence-corrected chi connectivity index (χ3v) is 9.77. The molecule has 0 radical (unpaired) electrons. The summed E-state index contributed by atoms with van der Waals surface area (Å²) in [6.07, 6.45) is 2.31. The number of fused-ring (bicyclic) bond motifs is 1. The molecule has 0 aliphatic carbocycles. The molecular weight excluding hydrogens is 623 g/mol. The Balaban J connectivity index is 1.42. The second kappa shape index (κ2) is 13.4. The monoisotopic (exact) mass is 655 g/mol. The van der Waals surface area contributed by atoms with Crippen molar-refractivity contribution in [2.75, 3.05) is 18.1 Å². The summed E-state index contributed by atoms with van der Waals surface area (Å²) in [5.41, 5.74) is 4.13. The standard InChI is InChI=1S/C35H33N3O6S2/c1-5-15-43-27-14-11-23(18-28(27)42-6-2)30-29(31(39)24-12-13-26-25(17-24)16-21(4)44-26)32(40)33(41)38(30)34-36-37-35(46-34)45-19-22-9-7-20(3)8-10-22/h5,7-14,17-18,21,30,39H,1,6,15-16,19H2,2-4H3/b31-29+/t21-,30+/m0/s1. The lowest BCUT2D eigenvalue weighted by molar-refractivity contribution is -0.132. The molecule has 3 aromatic carbocycles. The van der Waals surface area contributed by atoms with E-state index in [2.05, 4.69) is 41.0 Å². The van der Waals surface area contributed by atoms with Gasteiger partial charge in [-0.3, -0.25) is 14.5 Å². The molecule has 6 rings (SSSR count). The number of ketones is 1. The zero-order chi connectivity index (χ0) is 32.4. The molecule has 46 heavy (non-hydrogen) atoms. The highest BCUT2D eigenvalue weighted by Crippen LogP contribution is 2.46. The van der Waals surface area contributed by atoms with Gasteiger partial charge in [-0.25, -0.2) is 0 Å². The van der Waals surface area contributed by atoms with Crippen LogP contribution in [0.5, 0.6) is 17.2 Å². The lowest BCUT2D eigenvalue weighted by Gasteiger charge is -2.23. The third kappa shape index (κ3) is 6.25. The molecule has 1 fully saturated rings. The van der Waals surface area contributed by atoms with Gasteiger partial charge in [0.25, 0.3) is 5.78 Å². The number of hydrogen-bond acceptors (Lipinski definition) is 10. The summed E-state index contributed by atoms with van der Waals surface area (Å²) in [7, 11) is 0. The van der Waals surface area contributed by atoms with Crippen LogP contribution in [0.2, 0.25) is 0 Å². The zero-order valence-corrected chi connectivity index (χ0v) is 27.3. The van der Waals surface area contributed by atoms with Crippen LogP contribution in [0.3, 0.4) is 0 Å². The van der Waals surface area contributed by atoms with Crippen molar-refractivity contribution in [3.63, 3.8) is 0 Å². The van der Waals surface area contributed by atoms with Crippen LogP contribution in [0.25, 0.3) is 5.76 Å². The second-order valence-corrected chi connectivity index (χ2v) is 13.2. The molecular formula is C35H33N3O6S2. The second-order valence-electron chi connectivity index (χ2n) is 11.0. The Kier molecular flexibility index (Phi) is 9.14. The molecule has 3 heterocycles. The molecule has 0 saturated carbocycles. The van der Waals surface area contributed by atoms with Crippen LogP contribution >= 0.6 is 23.1 Å². The fraction of sp³-hybridized carbons (Fsp3) is 0.257. The van der Waals surface area contributed by atoms with Gasteiger partial charge >= 0.3 is 5.91 Å². The number of rotatable bonds is 11. The fourth-order valence-corrected chi connectivity index (χ4v) is 7.31. The van der Waals surface area contributed by atoms with Crippen molar-refractivity contribution in [1.29, 1.82) is 0 Å². The molecule has 2 aliphatic heterocycles. The first-order valence-electron chi connectivity index (χ1n) is 14.9. The molecule has 2 atom stereocenters. The van der Waals surface area contributed by atoms with Crippen molar-refractivity contribution in [1.82, 2.24) is 10.2 Å². The van der Waals surface area contributed by atoms with Gasteiger partial charge in [-0.2, -0.15) is 0 Å². The number of ether oxygens (including phenoxy) is 3. The summed E-state index contributed by atoms with van der Waals surface area (Å²) in [5.74, 6) is 0.423. The van der Waals surface area contributed by atoms with Crippen molar-refractivity contribution < 1.29 is 28.9 Å². The smallest absolute Gasteiger partial charge is 0.301 e. The van der Waals surface area contributed by atoms with E-state index >= 15 is 0 Å². The molecule has 1 saturated heterocycles. The number of benzene rings is 3. The van der Waals surface area contributed by atoms with Crippen molar-refractivity contribution in [2.45, 2.75) is 49.4 Å². The summed E-state index contributed by atoms with van der Waals surface area (Å²) in [4.78, 5) is 28.9. The van der Waals surface area contributed by atoms with Gasteiger partial charge in [0, 0.05) is 17.7 Å². The molecule has 4 aromatic rings. The van der Waals surface area contributed by atoms with Gasteiger partial charge in [-0.1, -0.05) is 71.6 Å². The molecule has 1 amide bonds. The Bertz CT molecular complexity index is 1830. The Morgan fingerprint density at radius 2 is 1.91 bits per heavy atom. The summed E-state index contributed by atoms with van der Waals surface area (Å²) >= 11 is 2.71. The molecule has 236 valence electrons. The molecule has 0 spiro atoms. The maximum atomic E-state index is 13.8. The Hall–Kier alpha value is -4.61. The number of anilines is 1. The highest BCUT2D eigenvalue weighted by Gasteiger charge is 2.48. The predicted molar refractivity (Wildman–Crippen MR) is 179 cm³/mol. The van der Waals surface area contributed by atoms with Gasteiger partial charge in [0.15, 0.2) is 15.8 Å². The third-order valence-electron chi connectivity index (χ3n) is 7.64. The summed E-state index contributed by atoms with van der Waals surface area (Å²) < 4.78 is 18.1. The number of aromatic nitrogens is 2. The number of thioether (sulfide) groups is 1. The number of Topliss-reactive ketones (excluding diaryl/α,β-unsaturated/α-hetero) is 1. The van der Waals surface area contributed by atoms with E-state index in [1.807, 2.05) is 20.8 Å². The number of carbonyl (C=O) groups is 2. The van der Waals surface area contributed by atoms with Crippen LogP contribution in [0.4, 0.5) is 5.13 Å². The first-order valence-corrected chi connectivity index (χ1v) is 16.7. The zero-order valence-electron chi connectivity index (χ0n) is 25.7. The van der Waals surface area contributed by atoms with Crippen molar-refractivity contribution in [3.05, 3.63) is 107 Å². The normalized spacial score (nSPS) is 18.4. The number of amides is 1. The van der Waals surface area contributed by atoms with E-state index in [0.29, 0.717) is 45.7 Å². The quantitative estimate of drug-likeness (QED) is 0.0454. The summed E-state index contributed by atoms with van der Waals surface area (Å²) in [6.45, 7) is 10.2. The molecule has 0 unspecified atom stereocenters. The minimum Gasteiger partial charge on any atom is -0.507 e. The van der Waals surface area contributed by atoms with E-state index in [4.69, 9.17) is 14.2 Å². The van der Waals surface area contributed by atoms with Gasteiger partial charge in [0.05, 0.1) is 18.2 Å². The summed E-state index contributed by atoms with van der Waals surface area (Å²) in [6, 6.07) is 17.7. The van der Waals surface area contributed by atoms with Gasteiger partial charge in [-0.05, 0) is 67.8 Å². The maximum Gasteiger partial charge on any atom is 0.301 e. The van der Waals surface area contributed by atoms with Crippen LogP contribution in [0, 0.1) is 6.92 Å². The Morgan fingerprint density at radius 1 is 1.11 bits per heavy atom. The number of aryl methyl sites for hydroxylation is 1. The van der Waals surface area contributed by atoms with E-state index in [1.165, 1.54) is 33.6 Å². The van der Waals surface area contributed by atoms with E-state index in [0.717, 1.165) is 16.9 Å². The molecule has 2 aliphatic rings. The van der Waals surface area contributed by atoms with Gasteiger partial charge in [0.1, 0.15) is 24.2 Å². The number of hydrogen-bond donors (Lipinski definition) is 1. The fourth-order valence-electron chi connectivity index (χ4n) is 5.49. The Labute approximate surface area is 275 Å². The van der Waals surface area contributed by atoms with E-state index in [1.54, 1.807) is 42.5 Å². The van der Waals surface area contributed by atoms with E-state index in [9.17, 15) is 14.7 Å². The molecule has 1 aromatic heterocycles. The highest BCUT2D eigenvalue weighted by atomic mass is 32.2. The summed E-state index contributed by atoms with van der Waals surface area (Å²) in [5, 5.41) is 20.6. The Morgan fingerprint density at radius 3 is 2.67 bits per heavy atom. The predicted octanol–water partition coefficient (Wildman–Crippen LogP) is 7.05. The molecule has 1 N–H and O–H groups in total. The van der Waals surface area contributed by atoms with Gasteiger partial charge < -0.3 is 19.3 Å². The van der Waals surface area contributed by atoms with Crippen LogP contribution in [0.15, 0.2) is 83.2 Å². The van der Waals surface area contributed by atoms with Gasteiger partial charge in [0.2, 0.25) is 5.13 Å². The van der Waals surface area contributed by atoms with Crippen molar-refractivity contribution in [2.24, 2.45) is 0 Å². The van der Waals surface area contributed by atoms with Crippen molar-refractivity contribution in [3.8, 4) is 17.2 Å². The molecule has 11 heteroatoms. The van der Waals surface area contributed by atoms with Crippen LogP contribution in [0.1, 0.15) is 47.7 Å². The minimum atomic E-state index is -1.00. The number of carbonyl (C=O) groups excluding carboxylic acids is 2. The molecule has 9 nitrogen and oxygen atoms in total. The lowest BCUT2D eigenvalue weighted by Crippen LogP contribution is -2.29. The van der Waals surface area contributed by atoms with E-state index < -0.39 is 17.7 Å². The number of aliphatic hydroxyl groups excluding tert-OH is 1. The SMILES string of the molecule is C=CCOc1ccc([C@@H]2/C(=C(\O)c3ccc4c(c3)C[C@H](C)O4)C(=O)C(=O)N2c2nnc(SCc3ccc(C)cc3)s2)cc1OCC. The minimum absolute atomic E-state index is 0.00672. The average Bonchev–Trinajstić information content (AvgIpc) is 3.74. The number of aliphatic hydroxyl groups is 1. The molecule has 0 bridgehead atoms. The van der Waals surface area contributed by atoms with Crippen molar-refractivity contribution >= 4 is 45.7 Å². The lowest BCUT2D eigenvalue weighted by atomic mass is 9.94. The first kappa shape index (κ1) is 31.4. The maximum absolute atomic E-state index is 13.8. The average molecular weight is 656 g/mol. The van der Waals surface area contributed by atoms with Gasteiger partial charge in [-0.15, -0.1) is 10.2 Å². The highest BCUT2D eigenvalue weighted by molar-refractivity contribution is 8.00. The number of nitrogens with zero attached hydrogens (tertiary/aromatic N) is 3. The van der Waals surface area contributed by atoms with Crippen LogP contribution in [-0.2, 0) is 21.8 Å².